The van der Waals surface area contributed by atoms with Crippen LogP contribution in [-0.2, 0) is 14.3 Å². The molecule has 1 unspecified atom stereocenters. The van der Waals surface area contributed by atoms with Gasteiger partial charge in [0.05, 0.1) is 13.2 Å². The van der Waals surface area contributed by atoms with Crippen molar-refractivity contribution in [2.45, 2.75) is 12.5 Å². The molecule has 0 spiro atoms. The highest BCUT2D eigenvalue weighted by Gasteiger charge is 2.17. The van der Waals surface area contributed by atoms with Crippen molar-refractivity contribution >= 4 is 5.97 Å². The number of aliphatic carboxylic acids is 1. The largest absolute Gasteiger partial charge is 0.480 e. The van der Waals surface area contributed by atoms with Crippen LogP contribution in [0.2, 0.25) is 0 Å². The number of carboxylic acid groups (broad SMARTS) is 1. The van der Waals surface area contributed by atoms with Crippen molar-refractivity contribution in [3.63, 3.8) is 0 Å². The summed E-state index contributed by atoms with van der Waals surface area (Å²) < 4.78 is 10.2. The number of methoxy groups -OCH3 is 1. The van der Waals surface area contributed by atoms with Crippen LogP contribution in [0.4, 0.5) is 0 Å². The highest BCUT2D eigenvalue weighted by atomic mass is 16.5. The van der Waals surface area contributed by atoms with Crippen LogP contribution in [0.15, 0.2) is 30.3 Å². The van der Waals surface area contributed by atoms with Gasteiger partial charge in [0.2, 0.25) is 0 Å². The van der Waals surface area contributed by atoms with E-state index in [0.29, 0.717) is 26.4 Å². The molecule has 1 aromatic rings. The topological polar surface area (TPSA) is 67.8 Å². The van der Waals surface area contributed by atoms with Crippen molar-refractivity contribution in [1.82, 2.24) is 5.32 Å². The van der Waals surface area contributed by atoms with Crippen LogP contribution >= 0.6 is 0 Å². The highest BCUT2D eigenvalue weighted by Crippen LogP contribution is 2.12. The first-order valence-electron chi connectivity index (χ1n) is 6.33. The van der Waals surface area contributed by atoms with Crippen LogP contribution < -0.4 is 5.32 Å². The summed E-state index contributed by atoms with van der Waals surface area (Å²) in [6.45, 7) is 2.34. The predicted octanol–water partition coefficient (Wildman–Crippen LogP) is 1.45. The van der Waals surface area contributed by atoms with E-state index in [4.69, 9.17) is 9.47 Å². The minimum Gasteiger partial charge on any atom is -0.480 e. The van der Waals surface area contributed by atoms with Crippen molar-refractivity contribution < 1.29 is 19.4 Å². The first-order chi connectivity index (χ1) is 9.25. The molecule has 19 heavy (non-hydrogen) atoms. The maximum Gasteiger partial charge on any atom is 0.325 e. The summed E-state index contributed by atoms with van der Waals surface area (Å²) in [6, 6.07) is 8.48. The Morgan fingerprint density at radius 3 is 2.63 bits per heavy atom. The molecule has 1 aromatic carbocycles. The lowest BCUT2D eigenvalue weighted by atomic mass is 10.1. The summed E-state index contributed by atoms with van der Waals surface area (Å²) in [5, 5.41) is 12.2. The fraction of sp³-hybridized carbons (Fsp3) is 0.500. The van der Waals surface area contributed by atoms with Crippen LogP contribution in [0.5, 0.6) is 0 Å². The van der Waals surface area contributed by atoms with E-state index in [9.17, 15) is 9.90 Å². The second-order valence-corrected chi connectivity index (χ2v) is 4.09. The Kier molecular flexibility index (Phi) is 7.81. The Hall–Kier alpha value is -1.43. The average molecular weight is 267 g/mol. The molecular weight excluding hydrogens is 246 g/mol. The second-order valence-electron chi connectivity index (χ2n) is 4.09. The molecule has 0 aliphatic carbocycles. The summed E-state index contributed by atoms with van der Waals surface area (Å²) in [5.41, 5.74) is 0.760. The zero-order valence-electron chi connectivity index (χ0n) is 11.2. The Morgan fingerprint density at radius 2 is 2.00 bits per heavy atom. The van der Waals surface area contributed by atoms with Gasteiger partial charge < -0.3 is 19.9 Å². The number of nitrogens with one attached hydrogen (secondary N) is 1. The van der Waals surface area contributed by atoms with Crippen LogP contribution in [-0.4, -0.2) is 44.6 Å². The molecule has 0 radical (unpaired) electrons. The minimum absolute atomic E-state index is 0.567. The summed E-state index contributed by atoms with van der Waals surface area (Å²) in [4.78, 5) is 11.2. The van der Waals surface area contributed by atoms with Gasteiger partial charge in [0, 0.05) is 13.7 Å². The lowest BCUT2D eigenvalue weighted by Crippen LogP contribution is -2.29. The first-order valence-corrected chi connectivity index (χ1v) is 6.33. The van der Waals surface area contributed by atoms with Crippen LogP contribution in [0.3, 0.4) is 0 Å². The van der Waals surface area contributed by atoms with Crippen molar-refractivity contribution in [3.8, 4) is 0 Å². The number of ether oxygens (including phenoxy) is 2. The molecule has 0 bridgehead atoms. The molecule has 1 rings (SSSR count). The minimum atomic E-state index is -0.869. The molecule has 0 heterocycles. The van der Waals surface area contributed by atoms with E-state index in [1.165, 1.54) is 0 Å². The van der Waals surface area contributed by atoms with E-state index in [0.717, 1.165) is 12.0 Å². The van der Waals surface area contributed by atoms with Crippen LogP contribution in [0.25, 0.3) is 0 Å². The molecule has 1 atom stereocenters. The zero-order chi connectivity index (χ0) is 13.9. The van der Waals surface area contributed by atoms with Gasteiger partial charge in [-0.2, -0.15) is 0 Å². The molecule has 5 heteroatoms. The van der Waals surface area contributed by atoms with Crippen LogP contribution in [0, 0.1) is 0 Å². The summed E-state index contributed by atoms with van der Waals surface area (Å²) >= 11 is 0. The van der Waals surface area contributed by atoms with E-state index in [-0.39, 0.29) is 0 Å². The highest BCUT2D eigenvalue weighted by molar-refractivity contribution is 5.75. The van der Waals surface area contributed by atoms with Gasteiger partial charge in [0.25, 0.3) is 0 Å². The van der Waals surface area contributed by atoms with Crippen LogP contribution in [0.1, 0.15) is 18.0 Å². The maximum atomic E-state index is 11.2. The van der Waals surface area contributed by atoms with Gasteiger partial charge in [-0.25, -0.2) is 0 Å². The number of hydrogen-bond donors (Lipinski definition) is 2. The van der Waals surface area contributed by atoms with Crippen molar-refractivity contribution in [2.75, 3.05) is 33.5 Å². The SMILES string of the molecule is COCCOCCCNC(C(=O)O)c1ccccc1. The molecule has 106 valence electrons. The fourth-order valence-corrected chi connectivity index (χ4v) is 1.66. The summed E-state index contributed by atoms with van der Waals surface area (Å²) in [5.74, 6) is -0.869. The van der Waals surface area contributed by atoms with E-state index in [1.54, 1.807) is 19.2 Å². The monoisotopic (exact) mass is 267 g/mol. The third-order valence-electron chi connectivity index (χ3n) is 2.63. The van der Waals surface area contributed by atoms with Gasteiger partial charge in [-0.05, 0) is 18.5 Å². The number of hydrogen-bond acceptors (Lipinski definition) is 4. The lowest BCUT2D eigenvalue weighted by molar-refractivity contribution is -0.139. The Labute approximate surface area is 113 Å². The number of benzene rings is 1. The fourth-order valence-electron chi connectivity index (χ4n) is 1.66. The van der Waals surface area contributed by atoms with Crippen molar-refractivity contribution in [2.24, 2.45) is 0 Å². The quantitative estimate of drug-likeness (QED) is 0.628. The second kappa shape index (κ2) is 9.49. The van der Waals surface area contributed by atoms with Crippen molar-refractivity contribution in [3.05, 3.63) is 35.9 Å². The molecular formula is C14H21NO4. The van der Waals surface area contributed by atoms with Crippen molar-refractivity contribution in [1.29, 1.82) is 0 Å². The molecule has 2 N–H and O–H groups in total. The molecule has 0 saturated carbocycles. The lowest BCUT2D eigenvalue weighted by Gasteiger charge is -2.14. The third kappa shape index (κ3) is 6.33. The smallest absolute Gasteiger partial charge is 0.325 e. The number of carbonyl (C=O) groups is 1. The Morgan fingerprint density at radius 1 is 1.26 bits per heavy atom. The molecule has 5 nitrogen and oxygen atoms in total. The van der Waals surface area contributed by atoms with E-state index < -0.39 is 12.0 Å². The number of carboxylic acids is 1. The molecule has 0 aliphatic rings. The zero-order valence-corrected chi connectivity index (χ0v) is 11.2. The van der Waals surface area contributed by atoms with Gasteiger partial charge in [0.1, 0.15) is 6.04 Å². The molecule has 0 amide bonds. The van der Waals surface area contributed by atoms with Gasteiger partial charge in [0.15, 0.2) is 0 Å². The van der Waals surface area contributed by atoms with Gasteiger partial charge in [-0.1, -0.05) is 30.3 Å². The average Bonchev–Trinajstić information content (AvgIpc) is 2.42. The normalized spacial score (nSPS) is 12.3. The number of rotatable bonds is 10. The van der Waals surface area contributed by atoms with E-state index in [1.807, 2.05) is 18.2 Å². The summed E-state index contributed by atoms with van der Waals surface area (Å²) in [7, 11) is 1.63. The summed E-state index contributed by atoms with van der Waals surface area (Å²) in [6.07, 6.45) is 0.764. The van der Waals surface area contributed by atoms with Gasteiger partial charge in [-0.15, -0.1) is 0 Å². The maximum absolute atomic E-state index is 11.2. The molecule has 0 fully saturated rings. The first kappa shape index (κ1) is 15.6. The molecule has 0 aromatic heterocycles. The Bertz CT molecular complexity index is 356. The van der Waals surface area contributed by atoms with Gasteiger partial charge >= 0.3 is 5.97 Å². The standard InChI is InChI=1S/C14H21NO4/c1-18-10-11-19-9-5-8-15-13(14(16)17)12-6-3-2-4-7-12/h2-4,6-7,13,15H,5,8-11H2,1H3,(H,16,17). The van der Waals surface area contributed by atoms with E-state index in [2.05, 4.69) is 5.32 Å². The van der Waals surface area contributed by atoms with Gasteiger partial charge in [-0.3, -0.25) is 4.79 Å². The Balaban J connectivity index is 2.26. The van der Waals surface area contributed by atoms with E-state index >= 15 is 0 Å². The predicted molar refractivity (Wildman–Crippen MR) is 72.1 cm³/mol. The third-order valence-corrected chi connectivity index (χ3v) is 2.63. The molecule has 0 saturated heterocycles. The molecule has 0 aliphatic heterocycles.